The molecule has 0 bridgehead atoms. The van der Waals surface area contributed by atoms with E-state index in [0.29, 0.717) is 11.7 Å². The van der Waals surface area contributed by atoms with E-state index in [9.17, 15) is 0 Å². The van der Waals surface area contributed by atoms with E-state index in [0.717, 1.165) is 22.2 Å². The van der Waals surface area contributed by atoms with Crippen molar-refractivity contribution >= 4 is 23.4 Å². The number of aliphatic imine (C=N–C) groups is 1. The van der Waals surface area contributed by atoms with Crippen molar-refractivity contribution in [2.75, 3.05) is 5.32 Å². The molecule has 1 heterocycles. The lowest BCUT2D eigenvalue weighted by Gasteiger charge is -2.04. The number of aromatic nitrogens is 1. The van der Waals surface area contributed by atoms with Crippen molar-refractivity contribution in [2.45, 2.75) is 20.5 Å². The Morgan fingerprint density at radius 3 is 2.94 bits per heavy atom. The third-order valence-electron chi connectivity index (χ3n) is 1.96. The van der Waals surface area contributed by atoms with Crippen LogP contribution in [0, 0.1) is 10.7 Å². The number of nitriles is 1. The fourth-order valence-electron chi connectivity index (χ4n) is 1.10. The molecule has 0 radical (unpaired) electrons. The predicted octanol–water partition coefficient (Wildman–Crippen LogP) is 2.48. The van der Waals surface area contributed by atoms with Gasteiger partial charge in [0.05, 0.1) is 6.61 Å². The van der Waals surface area contributed by atoms with Gasteiger partial charge in [0, 0.05) is 17.3 Å². The molecule has 0 spiro atoms. The molecule has 2 N–H and O–H groups in total. The molecule has 18 heavy (non-hydrogen) atoms. The van der Waals surface area contributed by atoms with Gasteiger partial charge in [0.1, 0.15) is 17.1 Å². The van der Waals surface area contributed by atoms with E-state index in [-0.39, 0.29) is 6.61 Å². The number of nitrogens with one attached hydrogen (secondary N) is 1. The Balaban J connectivity index is 2.63. The standard InChI is InChI=1S/C12H14N4OS/c1-9(18-8-13)5-14-10(2)16-12-4-3-11(7-17)6-15-12/h3-6,17H,7H2,1-2H3,(H,14,15,16)/b9-5+. The van der Waals surface area contributed by atoms with Gasteiger partial charge in [-0.1, -0.05) is 6.07 Å². The van der Waals surface area contributed by atoms with Gasteiger partial charge in [-0.3, -0.25) is 0 Å². The Hall–Kier alpha value is -1.84. The van der Waals surface area contributed by atoms with Crippen LogP contribution >= 0.6 is 11.8 Å². The highest BCUT2D eigenvalue weighted by molar-refractivity contribution is 8.07. The van der Waals surface area contributed by atoms with E-state index < -0.39 is 0 Å². The molecule has 0 fully saturated rings. The number of thioether (sulfide) groups is 1. The van der Waals surface area contributed by atoms with E-state index in [1.807, 2.05) is 19.2 Å². The summed E-state index contributed by atoms with van der Waals surface area (Å²) in [5.74, 6) is 1.34. The average Bonchev–Trinajstić information content (AvgIpc) is 2.38. The first kappa shape index (κ1) is 14.2. The highest BCUT2D eigenvalue weighted by atomic mass is 32.2. The maximum atomic E-state index is 8.89. The summed E-state index contributed by atoms with van der Waals surface area (Å²) >= 11 is 1.07. The van der Waals surface area contributed by atoms with E-state index in [1.54, 1.807) is 24.5 Å². The van der Waals surface area contributed by atoms with Gasteiger partial charge in [-0.25, -0.2) is 9.98 Å². The van der Waals surface area contributed by atoms with Crippen molar-refractivity contribution in [3.8, 4) is 5.40 Å². The monoisotopic (exact) mass is 262 g/mol. The Kier molecular flexibility index (Phi) is 5.91. The number of pyridine rings is 1. The number of aliphatic hydroxyl groups excluding tert-OH is 1. The molecule has 1 aromatic heterocycles. The molecule has 0 aromatic carbocycles. The van der Waals surface area contributed by atoms with Crippen molar-refractivity contribution in [2.24, 2.45) is 4.99 Å². The fourth-order valence-corrected chi connectivity index (χ4v) is 1.35. The molecule has 0 saturated carbocycles. The van der Waals surface area contributed by atoms with Crippen molar-refractivity contribution in [1.29, 1.82) is 5.26 Å². The lowest BCUT2D eigenvalue weighted by Crippen LogP contribution is -2.08. The van der Waals surface area contributed by atoms with Gasteiger partial charge in [0.2, 0.25) is 0 Å². The molecular formula is C12H14N4OS. The van der Waals surface area contributed by atoms with Crippen molar-refractivity contribution < 1.29 is 5.11 Å². The number of amidine groups is 1. The van der Waals surface area contributed by atoms with Crippen LogP contribution in [0.2, 0.25) is 0 Å². The average molecular weight is 262 g/mol. The fraction of sp³-hybridized carbons (Fsp3) is 0.250. The first-order valence-corrected chi connectivity index (χ1v) is 6.07. The van der Waals surface area contributed by atoms with Gasteiger partial charge in [0.25, 0.3) is 0 Å². The topological polar surface area (TPSA) is 81.3 Å². The number of nitrogens with zero attached hydrogens (tertiary/aromatic N) is 3. The molecule has 1 rings (SSSR count). The third-order valence-corrected chi connectivity index (χ3v) is 2.48. The number of aliphatic hydroxyl groups is 1. The van der Waals surface area contributed by atoms with Crippen molar-refractivity contribution in [1.82, 2.24) is 4.98 Å². The highest BCUT2D eigenvalue weighted by Gasteiger charge is 1.96. The van der Waals surface area contributed by atoms with E-state index in [4.69, 9.17) is 10.4 Å². The number of allylic oxidation sites excluding steroid dienone is 1. The minimum Gasteiger partial charge on any atom is -0.392 e. The third kappa shape index (κ3) is 4.99. The molecule has 0 amide bonds. The molecule has 0 aliphatic heterocycles. The smallest absolute Gasteiger partial charge is 0.138 e. The molecule has 0 saturated heterocycles. The zero-order valence-corrected chi connectivity index (χ0v) is 11.0. The molecule has 0 unspecified atom stereocenters. The van der Waals surface area contributed by atoms with Gasteiger partial charge in [-0.15, -0.1) is 0 Å². The van der Waals surface area contributed by atoms with Gasteiger partial charge < -0.3 is 10.4 Å². The number of hydrogen-bond acceptors (Lipinski definition) is 5. The summed E-state index contributed by atoms with van der Waals surface area (Å²) in [5, 5.41) is 22.3. The summed E-state index contributed by atoms with van der Waals surface area (Å²) in [6.07, 6.45) is 3.22. The number of thiocyanates is 1. The second-order valence-electron chi connectivity index (χ2n) is 3.48. The minimum absolute atomic E-state index is 0.0202. The minimum atomic E-state index is -0.0202. The zero-order chi connectivity index (χ0) is 13.4. The Bertz CT molecular complexity index is 488. The number of hydrogen-bond donors (Lipinski definition) is 2. The van der Waals surface area contributed by atoms with Gasteiger partial charge >= 0.3 is 0 Å². The highest BCUT2D eigenvalue weighted by Crippen LogP contribution is 2.12. The molecule has 6 heteroatoms. The summed E-state index contributed by atoms with van der Waals surface area (Å²) in [7, 11) is 0. The van der Waals surface area contributed by atoms with Crippen molar-refractivity contribution in [3.63, 3.8) is 0 Å². The maximum absolute atomic E-state index is 8.89. The summed E-state index contributed by atoms with van der Waals surface area (Å²) in [6, 6.07) is 3.56. The lowest BCUT2D eigenvalue weighted by molar-refractivity contribution is 0.281. The predicted molar refractivity (Wildman–Crippen MR) is 73.9 cm³/mol. The van der Waals surface area contributed by atoms with Crippen LogP contribution in [-0.4, -0.2) is 15.9 Å². The van der Waals surface area contributed by atoms with Gasteiger partial charge in [-0.2, -0.15) is 5.26 Å². The molecule has 5 nitrogen and oxygen atoms in total. The zero-order valence-electron chi connectivity index (χ0n) is 10.2. The van der Waals surface area contributed by atoms with Crippen LogP contribution in [0.15, 0.2) is 34.4 Å². The number of anilines is 1. The van der Waals surface area contributed by atoms with Crippen LogP contribution in [0.5, 0.6) is 0 Å². The second kappa shape index (κ2) is 7.48. The molecular weight excluding hydrogens is 248 g/mol. The molecule has 1 aromatic rings. The first-order chi connectivity index (χ1) is 8.65. The van der Waals surface area contributed by atoms with Crippen LogP contribution in [0.3, 0.4) is 0 Å². The van der Waals surface area contributed by atoms with Crippen LogP contribution in [0.1, 0.15) is 19.4 Å². The summed E-state index contributed by atoms with van der Waals surface area (Å²) in [5.41, 5.74) is 0.760. The summed E-state index contributed by atoms with van der Waals surface area (Å²) in [6.45, 7) is 3.61. The second-order valence-corrected chi connectivity index (χ2v) is 4.51. The Labute approximate surface area is 110 Å². The largest absolute Gasteiger partial charge is 0.392 e. The Morgan fingerprint density at radius 1 is 1.61 bits per heavy atom. The van der Waals surface area contributed by atoms with Crippen LogP contribution < -0.4 is 5.32 Å². The number of rotatable bonds is 4. The maximum Gasteiger partial charge on any atom is 0.138 e. The van der Waals surface area contributed by atoms with E-state index in [2.05, 4.69) is 15.3 Å². The van der Waals surface area contributed by atoms with Crippen LogP contribution in [-0.2, 0) is 6.61 Å². The molecule has 0 aliphatic carbocycles. The van der Waals surface area contributed by atoms with E-state index >= 15 is 0 Å². The molecule has 94 valence electrons. The van der Waals surface area contributed by atoms with Crippen molar-refractivity contribution in [3.05, 3.63) is 35.0 Å². The first-order valence-electron chi connectivity index (χ1n) is 5.25. The summed E-state index contributed by atoms with van der Waals surface area (Å²) in [4.78, 5) is 9.11. The SMILES string of the molecule is CC(=N/C=C(\C)SC#N)Nc1ccc(CO)cn1. The molecule has 0 atom stereocenters. The van der Waals surface area contributed by atoms with E-state index in [1.165, 1.54) is 0 Å². The lowest BCUT2D eigenvalue weighted by atomic mass is 10.3. The van der Waals surface area contributed by atoms with Gasteiger partial charge in [0.15, 0.2) is 0 Å². The summed E-state index contributed by atoms with van der Waals surface area (Å²) < 4.78 is 0. The van der Waals surface area contributed by atoms with Gasteiger partial charge in [-0.05, 0) is 37.2 Å². The quantitative estimate of drug-likeness (QED) is 0.495. The Morgan fingerprint density at radius 2 is 2.39 bits per heavy atom. The normalized spacial score (nSPS) is 12.1. The van der Waals surface area contributed by atoms with Crippen LogP contribution in [0.4, 0.5) is 5.82 Å². The molecule has 0 aliphatic rings. The van der Waals surface area contributed by atoms with Crippen LogP contribution in [0.25, 0.3) is 0 Å².